The molecule has 0 saturated carbocycles. The van der Waals surface area contributed by atoms with Gasteiger partial charge in [0.15, 0.2) is 0 Å². The average Bonchev–Trinajstić information content (AvgIpc) is 3.10. The van der Waals surface area contributed by atoms with E-state index in [-0.39, 0.29) is 0 Å². The molecule has 0 spiro atoms. The van der Waals surface area contributed by atoms with Crippen molar-refractivity contribution in [2.24, 2.45) is 0 Å². The lowest BCUT2D eigenvalue weighted by molar-refractivity contribution is 0.240. The molecule has 0 bridgehead atoms. The molecule has 0 radical (unpaired) electrons. The van der Waals surface area contributed by atoms with Gasteiger partial charge in [-0.05, 0) is 62.9 Å². The molecule has 3 rings (SSSR count). The van der Waals surface area contributed by atoms with E-state index in [2.05, 4.69) is 46.4 Å². The highest BCUT2D eigenvalue weighted by Gasteiger charge is 2.14. The summed E-state index contributed by atoms with van der Waals surface area (Å²) in [5.41, 5.74) is 3.46. The summed E-state index contributed by atoms with van der Waals surface area (Å²) in [5, 5.41) is 0. The van der Waals surface area contributed by atoms with E-state index in [0.717, 1.165) is 35.9 Å². The molecular formula is C21H26N4O. The molecule has 0 amide bonds. The van der Waals surface area contributed by atoms with Crippen LogP contribution in [0, 0.1) is 6.92 Å². The number of aryl methyl sites for hydroxylation is 1. The first-order chi connectivity index (χ1) is 12.6. The van der Waals surface area contributed by atoms with Gasteiger partial charge in [-0.25, -0.2) is 4.98 Å². The van der Waals surface area contributed by atoms with Crippen molar-refractivity contribution in [3.8, 4) is 11.4 Å². The zero-order valence-electron chi connectivity index (χ0n) is 15.9. The van der Waals surface area contributed by atoms with Crippen molar-refractivity contribution in [2.45, 2.75) is 32.9 Å². The summed E-state index contributed by atoms with van der Waals surface area (Å²) in [5.74, 6) is 1.87. The molecule has 0 N–H and O–H groups in total. The second kappa shape index (κ2) is 8.15. The Morgan fingerprint density at radius 2 is 1.88 bits per heavy atom. The number of imidazole rings is 1. The molecule has 0 aliphatic carbocycles. The van der Waals surface area contributed by atoms with Crippen molar-refractivity contribution in [3.05, 3.63) is 72.1 Å². The first-order valence-electron chi connectivity index (χ1n) is 8.85. The number of likely N-dealkylation sites (N-methyl/N-ethyl adjacent to an activating group) is 1. The molecule has 2 heterocycles. The van der Waals surface area contributed by atoms with Gasteiger partial charge in [0.1, 0.15) is 11.6 Å². The maximum Gasteiger partial charge on any atom is 0.127 e. The Bertz CT molecular complexity index is 841. The molecule has 136 valence electrons. The summed E-state index contributed by atoms with van der Waals surface area (Å²) in [4.78, 5) is 11.3. The molecule has 0 aliphatic rings. The van der Waals surface area contributed by atoms with Crippen LogP contribution in [0.5, 0.6) is 5.75 Å². The second-order valence-corrected chi connectivity index (χ2v) is 6.70. The molecule has 1 aromatic carbocycles. The molecule has 26 heavy (non-hydrogen) atoms. The van der Waals surface area contributed by atoms with Gasteiger partial charge in [0.2, 0.25) is 0 Å². The number of aromatic nitrogens is 3. The van der Waals surface area contributed by atoms with E-state index in [1.165, 1.54) is 5.56 Å². The van der Waals surface area contributed by atoms with E-state index >= 15 is 0 Å². The number of pyridine rings is 1. The van der Waals surface area contributed by atoms with Gasteiger partial charge in [-0.3, -0.25) is 9.88 Å². The zero-order chi connectivity index (χ0) is 18.5. The quantitative estimate of drug-likeness (QED) is 0.652. The normalized spacial score (nSPS) is 12.3. The van der Waals surface area contributed by atoms with Gasteiger partial charge in [0.05, 0.1) is 13.7 Å². The summed E-state index contributed by atoms with van der Waals surface area (Å²) in [6, 6.07) is 12.6. The van der Waals surface area contributed by atoms with Crippen LogP contribution in [0.3, 0.4) is 0 Å². The molecule has 0 saturated heterocycles. The predicted octanol–water partition coefficient (Wildman–Crippen LogP) is 3.65. The highest BCUT2D eigenvalue weighted by Crippen LogP contribution is 2.18. The molecule has 5 heteroatoms. The van der Waals surface area contributed by atoms with Crippen molar-refractivity contribution in [3.63, 3.8) is 0 Å². The monoisotopic (exact) mass is 350 g/mol. The fourth-order valence-electron chi connectivity index (χ4n) is 2.98. The number of benzene rings is 1. The number of methoxy groups -OCH3 is 1. The van der Waals surface area contributed by atoms with E-state index in [4.69, 9.17) is 4.74 Å². The van der Waals surface area contributed by atoms with Gasteiger partial charge < -0.3 is 9.30 Å². The summed E-state index contributed by atoms with van der Waals surface area (Å²) in [6.45, 7) is 5.10. The van der Waals surface area contributed by atoms with Crippen LogP contribution in [-0.4, -0.2) is 39.6 Å². The summed E-state index contributed by atoms with van der Waals surface area (Å²) >= 11 is 0. The summed E-state index contributed by atoms with van der Waals surface area (Å²) < 4.78 is 7.36. The maximum absolute atomic E-state index is 5.24. The Morgan fingerprint density at radius 3 is 2.58 bits per heavy atom. The van der Waals surface area contributed by atoms with Crippen molar-refractivity contribution >= 4 is 0 Å². The third-order valence-electron chi connectivity index (χ3n) is 4.69. The average molecular weight is 350 g/mol. The fraction of sp³-hybridized carbons (Fsp3) is 0.333. The first-order valence-corrected chi connectivity index (χ1v) is 8.85. The molecule has 3 aromatic rings. The third-order valence-corrected chi connectivity index (χ3v) is 4.69. The molecular weight excluding hydrogens is 324 g/mol. The standard InChI is InChI=1S/C21H26N4O/c1-16-9-10-22-18(13-16)14-17(2)24(3)15-21-23-11-12-25(21)19-5-7-20(26-4)8-6-19/h5-13,17H,14-15H2,1-4H3/t17-/m1/s1. The van der Waals surface area contributed by atoms with Crippen molar-refractivity contribution < 1.29 is 4.74 Å². The molecule has 1 atom stereocenters. The Kier molecular flexibility index (Phi) is 5.68. The Balaban J connectivity index is 1.69. The largest absolute Gasteiger partial charge is 0.497 e. The van der Waals surface area contributed by atoms with Gasteiger partial charge in [0.25, 0.3) is 0 Å². The van der Waals surface area contributed by atoms with Crippen LogP contribution in [-0.2, 0) is 13.0 Å². The van der Waals surface area contributed by atoms with Crippen LogP contribution in [0.25, 0.3) is 5.69 Å². The summed E-state index contributed by atoms with van der Waals surface area (Å²) in [6.07, 6.45) is 6.65. The lowest BCUT2D eigenvalue weighted by Gasteiger charge is -2.24. The molecule has 0 fully saturated rings. The maximum atomic E-state index is 5.24. The van der Waals surface area contributed by atoms with E-state index < -0.39 is 0 Å². The van der Waals surface area contributed by atoms with Crippen molar-refractivity contribution in [1.82, 2.24) is 19.4 Å². The minimum absolute atomic E-state index is 0.366. The minimum atomic E-state index is 0.366. The Hall–Kier alpha value is -2.66. The number of hydrogen-bond acceptors (Lipinski definition) is 4. The van der Waals surface area contributed by atoms with Crippen molar-refractivity contribution in [1.29, 1.82) is 0 Å². The van der Waals surface area contributed by atoms with Crippen LogP contribution < -0.4 is 4.74 Å². The topological polar surface area (TPSA) is 43.2 Å². The zero-order valence-corrected chi connectivity index (χ0v) is 15.9. The van der Waals surface area contributed by atoms with Crippen molar-refractivity contribution in [2.75, 3.05) is 14.2 Å². The second-order valence-electron chi connectivity index (χ2n) is 6.70. The lowest BCUT2D eigenvalue weighted by Crippen LogP contribution is -2.31. The number of nitrogens with zero attached hydrogens (tertiary/aromatic N) is 4. The van der Waals surface area contributed by atoms with E-state index in [9.17, 15) is 0 Å². The van der Waals surface area contributed by atoms with Gasteiger partial charge in [-0.15, -0.1) is 0 Å². The Labute approximate surface area is 155 Å². The molecule has 5 nitrogen and oxygen atoms in total. The van der Waals surface area contributed by atoms with E-state index in [1.54, 1.807) is 7.11 Å². The van der Waals surface area contributed by atoms with Gasteiger partial charge in [-0.2, -0.15) is 0 Å². The highest BCUT2D eigenvalue weighted by molar-refractivity contribution is 5.38. The van der Waals surface area contributed by atoms with Crippen LogP contribution >= 0.6 is 0 Å². The van der Waals surface area contributed by atoms with Crippen LogP contribution in [0.4, 0.5) is 0 Å². The van der Waals surface area contributed by atoms with Gasteiger partial charge >= 0.3 is 0 Å². The first kappa shape index (κ1) is 18.1. The molecule has 0 unspecified atom stereocenters. The predicted molar refractivity (Wildman–Crippen MR) is 104 cm³/mol. The molecule has 2 aromatic heterocycles. The Morgan fingerprint density at radius 1 is 1.12 bits per heavy atom. The van der Waals surface area contributed by atoms with E-state index in [0.29, 0.717) is 6.04 Å². The number of hydrogen-bond donors (Lipinski definition) is 0. The number of ether oxygens (including phenoxy) is 1. The minimum Gasteiger partial charge on any atom is -0.497 e. The van der Waals surface area contributed by atoms with Crippen LogP contribution in [0.1, 0.15) is 24.0 Å². The van der Waals surface area contributed by atoms with E-state index in [1.807, 2.05) is 48.9 Å². The smallest absolute Gasteiger partial charge is 0.127 e. The summed E-state index contributed by atoms with van der Waals surface area (Å²) in [7, 11) is 3.81. The number of rotatable bonds is 7. The van der Waals surface area contributed by atoms with Crippen LogP contribution in [0.15, 0.2) is 55.0 Å². The lowest BCUT2D eigenvalue weighted by atomic mass is 10.1. The van der Waals surface area contributed by atoms with Crippen LogP contribution in [0.2, 0.25) is 0 Å². The fourth-order valence-corrected chi connectivity index (χ4v) is 2.98. The SMILES string of the molecule is COc1ccc(-n2ccnc2CN(C)[C@H](C)Cc2cc(C)ccn2)cc1. The highest BCUT2D eigenvalue weighted by atomic mass is 16.5. The molecule has 0 aliphatic heterocycles. The third kappa shape index (κ3) is 4.29. The van der Waals surface area contributed by atoms with Gasteiger partial charge in [-0.1, -0.05) is 0 Å². The van der Waals surface area contributed by atoms with Gasteiger partial charge in [0, 0.05) is 42.4 Å².